The van der Waals surface area contributed by atoms with E-state index >= 15 is 0 Å². The van der Waals surface area contributed by atoms with Gasteiger partial charge >= 0.3 is 12.2 Å². The molecular weight excluding hydrogens is 489 g/mol. The fourth-order valence-corrected chi connectivity index (χ4v) is 5.96. The van der Waals surface area contributed by atoms with E-state index in [1.165, 1.54) is 37.6 Å². The predicted octanol–water partition coefficient (Wildman–Crippen LogP) is 3.14. The van der Waals surface area contributed by atoms with Crippen molar-refractivity contribution in [2.45, 2.75) is 13.8 Å². The first-order valence-electron chi connectivity index (χ1n) is 7.30. The van der Waals surface area contributed by atoms with Gasteiger partial charge in [0, 0.05) is 25.6 Å². The molecule has 0 aliphatic heterocycles. The fourth-order valence-electron chi connectivity index (χ4n) is 0.887. The molecule has 0 fully saturated rings. The molecule has 0 rings (SSSR count). The van der Waals surface area contributed by atoms with Crippen LogP contribution in [0, 0.1) is 0 Å². The Kier molecular flexibility index (Phi) is 15.2. The smallest absolute Gasteiger partial charge is 0.296 e. The van der Waals surface area contributed by atoms with E-state index < -0.39 is 32.2 Å². The van der Waals surface area contributed by atoms with E-state index in [1.54, 1.807) is 26.4 Å². The molecule has 0 N–H and O–H groups in total. The molecular formula is C12H22N4O6S6. The highest BCUT2D eigenvalue weighted by molar-refractivity contribution is 8.70. The Balaban J connectivity index is 4.25. The number of nitrogens with zero attached hydrogens (tertiary/aromatic N) is 4. The number of carbonyl (C=O) groups is 2. The number of carbonyl (C=O) groups excluding carboxylic acids is 2. The largest absolute Gasteiger partial charge is 0.448 e. The third kappa shape index (κ3) is 11.5. The Labute approximate surface area is 185 Å². The van der Waals surface area contributed by atoms with Crippen molar-refractivity contribution in [2.24, 2.45) is 10.3 Å². The van der Waals surface area contributed by atoms with Gasteiger partial charge in [0.25, 0.3) is 0 Å². The summed E-state index contributed by atoms with van der Waals surface area (Å²) in [4.78, 5) is 32.7. The molecule has 0 bridgehead atoms. The summed E-state index contributed by atoms with van der Waals surface area (Å²) in [5.74, 6) is 0.640. The second-order valence-electron chi connectivity index (χ2n) is 4.42. The summed E-state index contributed by atoms with van der Waals surface area (Å²) in [6, 6.07) is 0. The van der Waals surface area contributed by atoms with E-state index in [2.05, 4.69) is 20.0 Å². The number of amides is 2. The minimum Gasteiger partial charge on any atom is -0.296 e. The van der Waals surface area contributed by atoms with Crippen LogP contribution in [-0.4, -0.2) is 77.4 Å². The summed E-state index contributed by atoms with van der Waals surface area (Å²) in [5, 5.41) is 8.25. The molecule has 0 aliphatic carbocycles. The number of hydrogen-bond donors (Lipinski definition) is 0. The maximum Gasteiger partial charge on any atom is 0.448 e. The fraction of sp³-hybridized carbons (Fsp3) is 0.667. The zero-order valence-corrected chi connectivity index (χ0v) is 21.0. The van der Waals surface area contributed by atoms with E-state index in [4.69, 9.17) is 0 Å². The first kappa shape index (κ1) is 27.6. The topological polar surface area (TPSA) is 118 Å². The van der Waals surface area contributed by atoms with Crippen molar-refractivity contribution in [1.82, 2.24) is 8.61 Å². The second kappa shape index (κ2) is 15.4. The van der Waals surface area contributed by atoms with Crippen LogP contribution in [0.2, 0.25) is 0 Å². The van der Waals surface area contributed by atoms with Gasteiger partial charge in [-0.2, -0.15) is 0 Å². The van der Waals surface area contributed by atoms with Gasteiger partial charge in [-0.15, -0.1) is 23.5 Å². The molecule has 16 heteroatoms. The maximum absolute atomic E-state index is 12.0. The summed E-state index contributed by atoms with van der Waals surface area (Å²) in [5.41, 5.74) is 0. The normalized spacial score (nSPS) is 14.2. The van der Waals surface area contributed by atoms with Crippen LogP contribution in [0.5, 0.6) is 0 Å². The Morgan fingerprint density at radius 3 is 1.43 bits per heavy atom. The van der Waals surface area contributed by atoms with E-state index in [0.717, 1.165) is 30.2 Å². The first-order valence-corrected chi connectivity index (χ1v) is 15.0. The van der Waals surface area contributed by atoms with Crippen molar-refractivity contribution < 1.29 is 27.7 Å². The third-order valence-corrected chi connectivity index (χ3v) is 9.99. The molecule has 0 radical (unpaired) electrons. The minimum absolute atomic E-state index is 0.320. The number of hydrogen-bond acceptors (Lipinski definition) is 12. The lowest BCUT2D eigenvalue weighted by Crippen LogP contribution is -2.27. The SMILES string of the molecule is CS/C(C)=N\OC(=O)N(C)S(=O)SCCSS(=O)N(C)C(=O)O/N=C(/C)SC. The monoisotopic (exact) mass is 510 g/mol. The third-order valence-electron chi connectivity index (χ3n) is 2.51. The molecule has 0 spiro atoms. The highest BCUT2D eigenvalue weighted by Crippen LogP contribution is 2.18. The van der Waals surface area contributed by atoms with Crippen LogP contribution in [0.3, 0.4) is 0 Å². The lowest BCUT2D eigenvalue weighted by atomic mass is 10.9. The van der Waals surface area contributed by atoms with Crippen molar-refractivity contribution in [3.8, 4) is 0 Å². The van der Waals surface area contributed by atoms with Crippen molar-refractivity contribution in [3.63, 3.8) is 0 Å². The molecule has 28 heavy (non-hydrogen) atoms. The molecule has 0 heterocycles. The van der Waals surface area contributed by atoms with Gasteiger partial charge in [-0.3, -0.25) is 9.68 Å². The van der Waals surface area contributed by atoms with Crippen LogP contribution in [0.4, 0.5) is 9.59 Å². The van der Waals surface area contributed by atoms with E-state index in [0.29, 0.717) is 21.6 Å². The maximum atomic E-state index is 12.0. The summed E-state index contributed by atoms with van der Waals surface area (Å²) in [6.45, 7) is 3.34. The molecule has 162 valence electrons. The van der Waals surface area contributed by atoms with E-state index in [9.17, 15) is 18.0 Å². The summed E-state index contributed by atoms with van der Waals surface area (Å²) in [6.07, 6.45) is 1.86. The van der Waals surface area contributed by atoms with Gasteiger partial charge in [0.2, 0.25) is 0 Å². The quantitative estimate of drug-likeness (QED) is 0.114. The molecule has 0 saturated carbocycles. The van der Waals surface area contributed by atoms with Crippen LogP contribution in [0.15, 0.2) is 10.3 Å². The molecule has 0 aromatic heterocycles. The lowest BCUT2D eigenvalue weighted by molar-refractivity contribution is 0.136. The summed E-state index contributed by atoms with van der Waals surface area (Å²) < 4.78 is 25.8. The van der Waals surface area contributed by atoms with Crippen LogP contribution >= 0.6 is 45.1 Å². The van der Waals surface area contributed by atoms with Crippen molar-refractivity contribution >= 4 is 87.4 Å². The Hall–Kier alpha value is -0.420. The summed E-state index contributed by atoms with van der Waals surface area (Å²) >= 11 is 2.63. The molecule has 0 aliphatic rings. The lowest BCUT2D eigenvalue weighted by Gasteiger charge is -2.14. The molecule has 2 atom stereocenters. The zero-order chi connectivity index (χ0) is 21.7. The van der Waals surface area contributed by atoms with Crippen molar-refractivity contribution in [2.75, 3.05) is 38.1 Å². The molecule has 0 aromatic rings. The number of thioether (sulfide) groups is 2. The van der Waals surface area contributed by atoms with Gasteiger partial charge in [-0.05, 0) is 47.9 Å². The highest BCUT2D eigenvalue weighted by atomic mass is 33.1. The van der Waals surface area contributed by atoms with Crippen molar-refractivity contribution in [1.29, 1.82) is 0 Å². The predicted molar refractivity (Wildman–Crippen MR) is 123 cm³/mol. The van der Waals surface area contributed by atoms with Crippen LogP contribution in [0.25, 0.3) is 0 Å². The first-order chi connectivity index (χ1) is 13.1. The average molecular weight is 511 g/mol. The molecule has 2 amide bonds. The van der Waals surface area contributed by atoms with Gasteiger partial charge in [-0.25, -0.2) is 26.6 Å². The molecule has 0 aromatic carbocycles. The van der Waals surface area contributed by atoms with Gasteiger partial charge in [0.15, 0.2) is 20.0 Å². The van der Waals surface area contributed by atoms with Gasteiger partial charge in [-0.1, -0.05) is 10.3 Å². The Morgan fingerprint density at radius 2 is 1.14 bits per heavy atom. The second-order valence-corrected chi connectivity index (χ2v) is 12.8. The van der Waals surface area contributed by atoms with Crippen LogP contribution < -0.4 is 0 Å². The average Bonchev–Trinajstić information content (AvgIpc) is 2.70. The summed E-state index contributed by atoms with van der Waals surface area (Å²) in [7, 11) is 1.18. The van der Waals surface area contributed by atoms with E-state index in [1.807, 2.05) is 0 Å². The molecule has 10 nitrogen and oxygen atoms in total. The van der Waals surface area contributed by atoms with Crippen LogP contribution in [0.1, 0.15) is 13.8 Å². The standard InChI is InChI=1S/C12H22N4O6S6/c1-9(23-5)13-21-11(17)15(3)27(19)25-7-8-26-28(20)16(4)12(18)22-14-10(2)24-6/h7-8H2,1-6H3/b13-9-,14-10-. The molecule has 0 saturated heterocycles. The van der Waals surface area contributed by atoms with E-state index in [-0.39, 0.29) is 0 Å². The van der Waals surface area contributed by atoms with Gasteiger partial charge in [0.05, 0.1) is 0 Å². The van der Waals surface area contributed by atoms with Gasteiger partial charge < -0.3 is 0 Å². The minimum atomic E-state index is -1.69. The number of oxime groups is 2. The highest BCUT2D eigenvalue weighted by Gasteiger charge is 2.20. The van der Waals surface area contributed by atoms with Crippen LogP contribution in [-0.2, 0) is 29.7 Å². The molecule has 2 unspecified atom stereocenters. The Bertz CT molecular complexity index is 592. The zero-order valence-electron chi connectivity index (χ0n) is 16.1. The van der Waals surface area contributed by atoms with Gasteiger partial charge in [0.1, 0.15) is 10.1 Å². The van der Waals surface area contributed by atoms with Crippen molar-refractivity contribution in [3.05, 3.63) is 0 Å². The number of rotatable bonds is 9. The Morgan fingerprint density at radius 1 is 0.821 bits per heavy atom.